The first-order valence-electron chi connectivity index (χ1n) is 6.27. The lowest BCUT2D eigenvalue weighted by Gasteiger charge is -2.26. The van der Waals surface area contributed by atoms with Crippen LogP contribution in [0.5, 0.6) is 0 Å². The summed E-state index contributed by atoms with van der Waals surface area (Å²) in [4.78, 5) is 14.2. The van der Waals surface area contributed by atoms with Crippen LogP contribution < -0.4 is 0 Å². The molecule has 4 nitrogen and oxygen atoms in total. The molecule has 1 N–H and O–H groups in total. The van der Waals surface area contributed by atoms with Crippen molar-refractivity contribution in [3.05, 3.63) is 35.9 Å². The van der Waals surface area contributed by atoms with E-state index in [-0.39, 0.29) is 18.6 Å². The number of carbonyl (C=O) groups excluding carboxylic acids is 1. The summed E-state index contributed by atoms with van der Waals surface area (Å²) in [7, 11) is 1.54. The first kappa shape index (κ1) is 13.1. The van der Waals surface area contributed by atoms with Gasteiger partial charge in [0, 0.05) is 19.7 Å². The van der Waals surface area contributed by atoms with Crippen LogP contribution in [-0.2, 0) is 9.53 Å². The quantitative estimate of drug-likeness (QED) is 0.828. The van der Waals surface area contributed by atoms with E-state index in [1.807, 2.05) is 30.3 Å². The Balaban J connectivity index is 2.13. The molecule has 0 aromatic heterocycles. The van der Waals surface area contributed by atoms with Crippen molar-refractivity contribution >= 4 is 5.91 Å². The van der Waals surface area contributed by atoms with Crippen LogP contribution in [-0.4, -0.2) is 42.2 Å². The summed E-state index contributed by atoms with van der Waals surface area (Å²) in [6.45, 7) is 0.379. The Morgan fingerprint density at radius 1 is 1.44 bits per heavy atom. The number of hydrogen-bond acceptors (Lipinski definition) is 3. The smallest absolute Gasteiger partial charge is 0.256 e. The number of amides is 1. The number of ether oxygens (including phenoxy) is 1. The van der Waals surface area contributed by atoms with E-state index in [1.165, 1.54) is 0 Å². The van der Waals surface area contributed by atoms with Crippen molar-refractivity contribution in [2.45, 2.75) is 25.0 Å². The minimum atomic E-state index is -0.571. The molecule has 0 heterocycles. The van der Waals surface area contributed by atoms with Crippen molar-refractivity contribution in [2.24, 2.45) is 0 Å². The fourth-order valence-electron chi connectivity index (χ4n) is 2.12. The second-order valence-electron chi connectivity index (χ2n) is 4.51. The van der Waals surface area contributed by atoms with E-state index in [0.29, 0.717) is 6.54 Å². The lowest BCUT2D eigenvalue weighted by Crippen LogP contribution is -2.39. The van der Waals surface area contributed by atoms with Gasteiger partial charge in [-0.1, -0.05) is 30.3 Å². The Kier molecular flexibility index (Phi) is 4.33. The Bertz CT molecular complexity index is 389. The molecule has 1 fully saturated rings. The minimum Gasteiger partial charge on any atom is -0.395 e. The molecule has 1 aliphatic carbocycles. The summed E-state index contributed by atoms with van der Waals surface area (Å²) < 4.78 is 5.33. The summed E-state index contributed by atoms with van der Waals surface area (Å²) >= 11 is 0. The number of methoxy groups -OCH3 is 1. The molecule has 0 bridgehead atoms. The van der Waals surface area contributed by atoms with Crippen molar-refractivity contribution in [2.75, 3.05) is 20.3 Å². The van der Waals surface area contributed by atoms with E-state index in [0.717, 1.165) is 18.4 Å². The third-order valence-corrected chi connectivity index (χ3v) is 3.17. The maximum atomic E-state index is 12.4. The monoisotopic (exact) mass is 249 g/mol. The second-order valence-corrected chi connectivity index (χ2v) is 4.51. The number of rotatable bonds is 6. The maximum Gasteiger partial charge on any atom is 0.256 e. The zero-order chi connectivity index (χ0) is 13.0. The Labute approximate surface area is 107 Å². The Hall–Kier alpha value is -1.39. The standard InChI is InChI=1S/C14H19NO3/c1-18-13(11-5-3-2-4-6-11)14(17)15(9-10-16)12-7-8-12/h2-6,12-13,16H,7-10H2,1H3. The van der Waals surface area contributed by atoms with Gasteiger partial charge in [-0.05, 0) is 18.4 Å². The molecular weight excluding hydrogens is 230 g/mol. The van der Waals surface area contributed by atoms with Crippen LogP contribution >= 0.6 is 0 Å². The van der Waals surface area contributed by atoms with E-state index < -0.39 is 6.10 Å². The molecule has 1 saturated carbocycles. The average molecular weight is 249 g/mol. The molecule has 1 aliphatic rings. The molecule has 1 atom stereocenters. The van der Waals surface area contributed by atoms with E-state index in [9.17, 15) is 4.79 Å². The number of nitrogens with zero attached hydrogens (tertiary/aromatic N) is 1. The highest BCUT2D eigenvalue weighted by molar-refractivity contribution is 5.83. The molecule has 4 heteroatoms. The average Bonchev–Trinajstić information content (AvgIpc) is 3.22. The largest absolute Gasteiger partial charge is 0.395 e. The van der Waals surface area contributed by atoms with E-state index >= 15 is 0 Å². The van der Waals surface area contributed by atoms with Gasteiger partial charge >= 0.3 is 0 Å². The van der Waals surface area contributed by atoms with Crippen LogP contribution in [0, 0.1) is 0 Å². The zero-order valence-corrected chi connectivity index (χ0v) is 10.6. The van der Waals surface area contributed by atoms with E-state index in [2.05, 4.69) is 0 Å². The van der Waals surface area contributed by atoms with Gasteiger partial charge < -0.3 is 14.7 Å². The molecule has 2 rings (SSSR count). The van der Waals surface area contributed by atoms with Crippen LogP contribution in [0.15, 0.2) is 30.3 Å². The third kappa shape index (κ3) is 2.89. The van der Waals surface area contributed by atoms with Crippen molar-refractivity contribution < 1.29 is 14.6 Å². The molecule has 0 radical (unpaired) electrons. The van der Waals surface area contributed by atoms with Crippen LogP contribution in [0.4, 0.5) is 0 Å². The lowest BCUT2D eigenvalue weighted by molar-refractivity contribution is -0.143. The number of aliphatic hydroxyl groups excluding tert-OH is 1. The molecule has 98 valence electrons. The van der Waals surface area contributed by atoms with Crippen LogP contribution in [0.2, 0.25) is 0 Å². The summed E-state index contributed by atoms with van der Waals surface area (Å²) in [6, 6.07) is 9.75. The Morgan fingerprint density at radius 3 is 2.61 bits per heavy atom. The molecule has 1 aromatic rings. The molecule has 1 unspecified atom stereocenters. The number of carbonyl (C=O) groups is 1. The van der Waals surface area contributed by atoms with E-state index in [4.69, 9.17) is 9.84 Å². The van der Waals surface area contributed by atoms with Crippen LogP contribution in [0.3, 0.4) is 0 Å². The fraction of sp³-hybridized carbons (Fsp3) is 0.500. The summed E-state index contributed by atoms with van der Waals surface area (Å²) in [5, 5.41) is 9.05. The minimum absolute atomic E-state index is 0.00648. The van der Waals surface area contributed by atoms with Gasteiger partial charge in [0.25, 0.3) is 5.91 Å². The summed E-state index contributed by atoms with van der Waals surface area (Å²) in [5.74, 6) is -0.0553. The highest BCUT2D eigenvalue weighted by atomic mass is 16.5. The molecule has 0 saturated heterocycles. The van der Waals surface area contributed by atoms with Crippen molar-refractivity contribution in [3.8, 4) is 0 Å². The van der Waals surface area contributed by atoms with E-state index in [1.54, 1.807) is 12.0 Å². The predicted molar refractivity (Wildman–Crippen MR) is 68.0 cm³/mol. The lowest BCUT2D eigenvalue weighted by atomic mass is 10.1. The molecule has 1 aromatic carbocycles. The van der Waals surface area contributed by atoms with Gasteiger partial charge in [-0.3, -0.25) is 4.79 Å². The van der Waals surface area contributed by atoms with Crippen molar-refractivity contribution in [3.63, 3.8) is 0 Å². The topological polar surface area (TPSA) is 49.8 Å². The SMILES string of the molecule is COC(C(=O)N(CCO)C1CC1)c1ccccc1. The molecule has 1 amide bonds. The molecule has 0 spiro atoms. The van der Waals surface area contributed by atoms with Crippen LogP contribution in [0.25, 0.3) is 0 Å². The van der Waals surface area contributed by atoms with Gasteiger partial charge in [-0.25, -0.2) is 0 Å². The normalized spacial score (nSPS) is 16.3. The summed E-state index contributed by atoms with van der Waals surface area (Å²) in [5.41, 5.74) is 0.855. The fourth-order valence-corrected chi connectivity index (χ4v) is 2.12. The number of aliphatic hydroxyl groups is 1. The number of hydrogen-bond donors (Lipinski definition) is 1. The van der Waals surface area contributed by atoms with Crippen LogP contribution in [0.1, 0.15) is 24.5 Å². The van der Waals surface area contributed by atoms with Gasteiger partial charge in [-0.2, -0.15) is 0 Å². The molecule has 18 heavy (non-hydrogen) atoms. The van der Waals surface area contributed by atoms with Gasteiger partial charge in [0.1, 0.15) is 0 Å². The predicted octanol–water partition coefficient (Wildman–Crippen LogP) is 1.36. The maximum absolute atomic E-state index is 12.4. The second kappa shape index (κ2) is 5.98. The van der Waals surface area contributed by atoms with Gasteiger partial charge in [-0.15, -0.1) is 0 Å². The van der Waals surface area contributed by atoms with Gasteiger partial charge in [0.15, 0.2) is 6.10 Å². The molecular formula is C14H19NO3. The number of benzene rings is 1. The zero-order valence-electron chi connectivity index (χ0n) is 10.6. The highest BCUT2D eigenvalue weighted by Gasteiger charge is 2.36. The molecule has 0 aliphatic heterocycles. The first-order chi connectivity index (χ1) is 8.77. The first-order valence-corrected chi connectivity index (χ1v) is 6.27. The third-order valence-electron chi connectivity index (χ3n) is 3.17. The van der Waals surface area contributed by atoms with Gasteiger partial charge in [0.2, 0.25) is 0 Å². The summed E-state index contributed by atoms with van der Waals surface area (Å²) in [6.07, 6.45) is 1.48. The van der Waals surface area contributed by atoms with Crippen molar-refractivity contribution in [1.82, 2.24) is 4.90 Å². The Morgan fingerprint density at radius 2 is 2.11 bits per heavy atom. The highest BCUT2D eigenvalue weighted by Crippen LogP contribution is 2.30. The van der Waals surface area contributed by atoms with Crippen molar-refractivity contribution in [1.29, 1.82) is 0 Å². The van der Waals surface area contributed by atoms with Gasteiger partial charge in [0.05, 0.1) is 6.61 Å².